The van der Waals surface area contributed by atoms with Crippen LogP contribution >= 0.6 is 7.82 Å². The Labute approximate surface area is 347 Å². The van der Waals surface area contributed by atoms with Crippen LogP contribution < -0.4 is 5.32 Å². The molecule has 0 heterocycles. The second-order valence-electron chi connectivity index (χ2n) is 17.1. The van der Waals surface area contributed by atoms with E-state index in [1.54, 1.807) is 6.08 Å². The first-order valence-electron chi connectivity index (χ1n) is 23.4. The Morgan fingerprint density at radius 2 is 0.982 bits per heavy atom. The molecule has 56 heavy (non-hydrogen) atoms. The summed E-state index contributed by atoms with van der Waals surface area (Å²) >= 11 is 0. The molecule has 8 nitrogen and oxygen atoms in total. The molecule has 0 bridgehead atoms. The summed E-state index contributed by atoms with van der Waals surface area (Å²) in [5.41, 5.74) is 0. The van der Waals surface area contributed by atoms with Crippen molar-refractivity contribution in [2.45, 2.75) is 219 Å². The molecule has 1 amide bonds. The number of unbranched alkanes of at least 4 members (excludes halogenated alkanes) is 25. The van der Waals surface area contributed by atoms with Crippen molar-refractivity contribution in [3.63, 3.8) is 0 Å². The quantitative estimate of drug-likeness (QED) is 0.0245. The fourth-order valence-electron chi connectivity index (χ4n) is 6.60. The van der Waals surface area contributed by atoms with Gasteiger partial charge in [0.25, 0.3) is 0 Å². The molecule has 3 atom stereocenters. The minimum atomic E-state index is -4.35. The maximum absolute atomic E-state index is 12.8. The zero-order valence-electron chi connectivity index (χ0n) is 37.4. The highest BCUT2D eigenvalue weighted by atomic mass is 31.2. The summed E-state index contributed by atoms with van der Waals surface area (Å²) in [5, 5.41) is 13.8. The predicted octanol–water partition coefficient (Wildman–Crippen LogP) is 13.1. The molecule has 0 saturated heterocycles. The molecule has 9 heteroatoms. The van der Waals surface area contributed by atoms with Gasteiger partial charge in [0.2, 0.25) is 5.91 Å². The zero-order chi connectivity index (χ0) is 41.4. The van der Waals surface area contributed by atoms with E-state index in [-0.39, 0.29) is 19.1 Å². The number of rotatable bonds is 42. The molecular weight excluding hydrogens is 719 g/mol. The van der Waals surface area contributed by atoms with Crippen LogP contribution in [0.2, 0.25) is 0 Å². The Balaban J connectivity index is 4.42. The topological polar surface area (TPSA) is 105 Å². The monoisotopic (exact) mass is 812 g/mol. The van der Waals surface area contributed by atoms with E-state index in [1.807, 2.05) is 27.2 Å². The van der Waals surface area contributed by atoms with Crippen molar-refractivity contribution in [2.75, 3.05) is 40.9 Å². The van der Waals surface area contributed by atoms with Gasteiger partial charge in [-0.15, -0.1) is 0 Å². The van der Waals surface area contributed by atoms with Gasteiger partial charge in [-0.25, -0.2) is 4.57 Å². The second kappa shape index (κ2) is 39.2. The molecule has 330 valence electrons. The number of quaternary nitrogens is 1. The molecule has 0 aliphatic carbocycles. The molecule has 0 aromatic carbocycles. The SMILES string of the molecule is CCCCCCCCCCCCCC/C=C/CC/C=C/CC/C=C/C(O)C(COP(=O)(O)OCC[N+](C)(C)C)NC(=O)CCCCCCCCCCCCCC. The first kappa shape index (κ1) is 54.7. The Kier molecular flexibility index (Phi) is 38.3. The standard InChI is InChI=1S/C47H91N2O6P/c1-6-8-10-12-14-16-18-20-21-22-23-24-25-26-27-28-29-30-32-34-36-38-40-46(50)45(44-55-56(52,53)54-43-42-49(3,4)5)48-47(51)41-39-37-35-33-31-19-17-15-13-11-9-7-2/h26-27,30,32,38,40,45-46,50H,6-25,28-29,31,33-37,39,41-44H2,1-5H3,(H-,48,51,52,53)/p+1/b27-26+,32-30+,40-38+. The van der Waals surface area contributed by atoms with E-state index in [0.29, 0.717) is 17.4 Å². The van der Waals surface area contributed by atoms with Gasteiger partial charge in [0.15, 0.2) is 0 Å². The number of carbonyl (C=O) groups excluding carboxylic acids is 1. The third-order valence-electron chi connectivity index (χ3n) is 10.3. The number of hydrogen-bond donors (Lipinski definition) is 3. The molecule has 0 radical (unpaired) electrons. The second-order valence-corrected chi connectivity index (χ2v) is 18.6. The number of likely N-dealkylation sites (N-methyl/N-ethyl adjacent to an activating group) is 1. The van der Waals surface area contributed by atoms with Crippen molar-refractivity contribution in [2.24, 2.45) is 0 Å². The maximum Gasteiger partial charge on any atom is 0.472 e. The summed E-state index contributed by atoms with van der Waals surface area (Å²) in [6, 6.07) is -0.865. The van der Waals surface area contributed by atoms with Crippen LogP contribution in [0, 0.1) is 0 Å². The van der Waals surface area contributed by atoms with Crippen LogP contribution in [0.3, 0.4) is 0 Å². The predicted molar refractivity (Wildman–Crippen MR) is 240 cm³/mol. The molecule has 0 aromatic heterocycles. The third-order valence-corrected chi connectivity index (χ3v) is 11.3. The van der Waals surface area contributed by atoms with Gasteiger partial charge in [-0.1, -0.05) is 192 Å². The van der Waals surface area contributed by atoms with Gasteiger partial charge in [0.05, 0.1) is 39.9 Å². The van der Waals surface area contributed by atoms with Crippen LogP contribution in [-0.2, 0) is 18.4 Å². The first-order valence-corrected chi connectivity index (χ1v) is 24.9. The van der Waals surface area contributed by atoms with Crippen LogP contribution in [-0.4, -0.2) is 73.4 Å². The summed E-state index contributed by atoms with van der Waals surface area (Å²) in [6.45, 7) is 4.78. The molecule has 0 rings (SSSR count). The molecule has 0 saturated carbocycles. The lowest BCUT2D eigenvalue weighted by Crippen LogP contribution is -2.45. The van der Waals surface area contributed by atoms with E-state index in [2.05, 4.69) is 43.5 Å². The molecule has 3 unspecified atom stereocenters. The zero-order valence-corrected chi connectivity index (χ0v) is 38.3. The summed E-state index contributed by atoms with van der Waals surface area (Å²) in [7, 11) is 1.55. The van der Waals surface area contributed by atoms with Crippen molar-refractivity contribution in [3.05, 3.63) is 36.5 Å². The van der Waals surface area contributed by atoms with E-state index < -0.39 is 20.0 Å². The number of allylic oxidation sites excluding steroid dienone is 5. The number of nitrogens with one attached hydrogen (secondary N) is 1. The van der Waals surface area contributed by atoms with E-state index in [1.165, 1.54) is 141 Å². The normalized spacial score (nSPS) is 14.6. The molecule has 0 aliphatic heterocycles. The van der Waals surface area contributed by atoms with E-state index >= 15 is 0 Å². The smallest absolute Gasteiger partial charge is 0.387 e. The number of phosphoric acid groups is 1. The molecular formula is C47H92N2O6P+. The lowest BCUT2D eigenvalue weighted by molar-refractivity contribution is -0.870. The van der Waals surface area contributed by atoms with Crippen molar-refractivity contribution >= 4 is 13.7 Å². The highest BCUT2D eigenvalue weighted by Gasteiger charge is 2.27. The summed E-state index contributed by atoms with van der Waals surface area (Å²) in [6.07, 6.45) is 48.0. The lowest BCUT2D eigenvalue weighted by atomic mass is 10.0. The number of aliphatic hydroxyl groups excluding tert-OH is 1. The Morgan fingerprint density at radius 1 is 0.589 bits per heavy atom. The van der Waals surface area contributed by atoms with Crippen LogP contribution in [0.5, 0.6) is 0 Å². The molecule has 3 N–H and O–H groups in total. The van der Waals surface area contributed by atoms with Gasteiger partial charge < -0.3 is 19.8 Å². The minimum absolute atomic E-state index is 0.0546. The largest absolute Gasteiger partial charge is 0.472 e. The van der Waals surface area contributed by atoms with Gasteiger partial charge in [-0.3, -0.25) is 13.8 Å². The van der Waals surface area contributed by atoms with Gasteiger partial charge in [0.1, 0.15) is 13.2 Å². The Bertz CT molecular complexity index is 1010. The summed E-state index contributed by atoms with van der Waals surface area (Å²) in [4.78, 5) is 23.1. The molecule has 0 aromatic rings. The highest BCUT2D eigenvalue weighted by Crippen LogP contribution is 2.43. The average Bonchev–Trinajstić information content (AvgIpc) is 3.15. The summed E-state index contributed by atoms with van der Waals surface area (Å²) < 4.78 is 23.5. The highest BCUT2D eigenvalue weighted by molar-refractivity contribution is 7.47. The van der Waals surface area contributed by atoms with Crippen molar-refractivity contribution < 1.29 is 32.9 Å². The van der Waals surface area contributed by atoms with E-state index in [4.69, 9.17) is 9.05 Å². The number of carbonyl (C=O) groups is 1. The molecule has 0 fully saturated rings. The number of aliphatic hydroxyl groups is 1. The molecule has 0 aliphatic rings. The Hall–Kier alpha value is -1.28. The van der Waals surface area contributed by atoms with Crippen molar-refractivity contribution in [1.29, 1.82) is 0 Å². The third kappa shape index (κ3) is 40.9. The number of nitrogens with zero attached hydrogens (tertiary/aromatic N) is 1. The van der Waals surface area contributed by atoms with Gasteiger partial charge in [0, 0.05) is 6.42 Å². The van der Waals surface area contributed by atoms with E-state index in [9.17, 15) is 19.4 Å². The maximum atomic E-state index is 12.8. The van der Waals surface area contributed by atoms with Crippen LogP contribution in [0.15, 0.2) is 36.5 Å². The van der Waals surface area contributed by atoms with Gasteiger partial charge >= 0.3 is 7.82 Å². The van der Waals surface area contributed by atoms with Gasteiger partial charge in [-0.2, -0.15) is 0 Å². The fourth-order valence-corrected chi connectivity index (χ4v) is 7.34. The number of hydrogen-bond acceptors (Lipinski definition) is 5. The lowest BCUT2D eigenvalue weighted by Gasteiger charge is -2.25. The summed E-state index contributed by atoms with van der Waals surface area (Å²) in [5.74, 6) is -0.192. The Morgan fingerprint density at radius 3 is 1.43 bits per heavy atom. The van der Waals surface area contributed by atoms with Crippen molar-refractivity contribution in [3.8, 4) is 0 Å². The minimum Gasteiger partial charge on any atom is -0.387 e. The van der Waals surface area contributed by atoms with Crippen LogP contribution in [0.25, 0.3) is 0 Å². The molecule has 0 spiro atoms. The fraction of sp³-hybridized carbons (Fsp3) is 0.851. The van der Waals surface area contributed by atoms with Gasteiger partial charge in [-0.05, 0) is 44.9 Å². The van der Waals surface area contributed by atoms with E-state index in [0.717, 1.165) is 44.9 Å². The first-order chi connectivity index (χ1) is 27.0. The van der Waals surface area contributed by atoms with Crippen LogP contribution in [0.1, 0.15) is 206 Å². The number of phosphoric ester groups is 1. The average molecular weight is 812 g/mol. The van der Waals surface area contributed by atoms with Crippen molar-refractivity contribution in [1.82, 2.24) is 5.32 Å². The van der Waals surface area contributed by atoms with Crippen LogP contribution in [0.4, 0.5) is 0 Å². The number of amides is 1.